The number of nitrogens with zero attached hydrogens (tertiary/aromatic N) is 1. The van der Waals surface area contributed by atoms with E-state index < -0.39 is 0 Å². The van der Waals surface area contributed by atoms with Gasteiger partial charge in [-0.05, 0) is 18.8 Å². The van der Waals surface area contributed by atoms with Crippen molar-refractivity contribution in [3.05, 3.63) is 0 Å². The molecule has 0 atom stereocenters. The second-order valence-corrected chi connectivity index (χ2v) is 3.18. The minimum Gasteiger partial charge on any atom is -0.328 e. The fourth-order valence-electron chi connectivity index (χ4n) is 1.36. The van der Waals surface area contributed by atoms with E-state index in [0.29, 0.717) is 12.6 Å². The fraction of sp³-hybridized carbons (Fsp3) is 0.667. The van der Waals surface area contributed by atoms with E-state index in [1.54, 1.807) is 0 Å². The number of carbonyl (C=O) groups excluding carboxylic acids is 1. The average Bonchev–Trinajstić information content (AvgIpc) is 2.09. The standard InChI is InChI=1S/C9H14N2O/c1-2-9(12)7-11-5-3-8(10)4-6-11/h1,8H,3-7,10H2. The molecule has 0 aromatic carbocycles. The monoisotopic (exact) mass is 166 g/mol. The van der Waals surface area contributed by atoms with E-state index in [9.17, 15) is 4.79 Å². The third-order valence-electron chi connectivity index (χ3n) is 2.16. The van der Waals surface area contributed by atoms with Gasteiger partial charge in [0.15, 0.2) is 0 Å². The van der Waals surface area contributed by atoms with Gasteiger partial charge < -0.3 is 5.73 Å². The molecule has 1 saturated heterocycles. The number of rotatable bonds is 2. The van der Waals surface area contributed by atoms with Crippen molar-refractivity contribution in [2.24, 2.45) is 5.73 Å². The highest BCUT2D eigenvalue weighted by molar-refractivity contribution is 5.96. The summed E-state index contributed by atoms with van der Waals surface area (Å²) >= 11 is 0. The summed E-state index contributed by atoms with van der Waals surface area (Å²) in [5.41, 5.74) is 5.71. The number of ketones is 1. The quantitative estimate of drug-likeness (QED) is 0.449. The Labute approximate surface area is 72.9 Å². The number of hydrogen-bond donors (Lipinski definition) is 1. The van der Waals surface area contributed by atoms with Crippen molar-refractivity contribution in [3.63, 3.8) is 0 Å². The van der Waals surface area contributed by atoms with Crippen LogP contribution in [0.3, 0.4) is 0 Å². The average molecular weight is 166 g/mol. The van der Waals surface area contributed by atoms with Gasteiger partial charge in [0.25, 0.3) is 0 Å². The molecule has 0 unspecified atom stereocenters. The number of terminal acetylenes is 1. The lowest BCUT2D eigenvalue weighted by atomic mass is 10.1. The van der Waals surface area contributed by atoms with Gasteiger partial charge in [0.2, 0.25) is 5.78 Å². The van der Waals surface area contributed by atoms with Gasteiger partial charge in [0, 0.05) is 19.1 Å². The molecule has 0 bridgehead atoms. The Hall–Kier alpha value is -0.850. The van der Waals surface area contributed by atoms with E-state index in [4.69, 9.17) is 12.2 Å². The molecule has 3 heteroatoms. The molecule has 1 heterocycles. The van der Waals surface area contributed by atoms with Crippen LogP contribution in [0.25, 0.3) is 0 Å². The van der Waals surface area contributed by atoms with Gasteiger partial charge in [0.1, 0.15) is 0 Å². The third kappa shape index (κ3) is 2.65. The lowest BCUT2D eigenvalue weighted by Crippen LogP contribution is -2.41. The minimum atomic E-state index is -0.134. The van der Waals surface area contributed by atoms with Crippen LogP contribution in [0, 0.1) is 12.3 Å². The molecule has 2 N–H and O–H groups in total. The van der Waals surface area contributed by atoms with Gasteiger partial charge in [-0.3, -0.25) is 9.69 Å². The molecule has 1 aliphatic rings. The lowest BCUT2D eigenvalue weighted by Gasteiger charge is -2.28. The van der Waals surface area contributed by atoms with E-state index in [-0.39, 0.29) is 5.78 Å². The largest absolute Gasteiger partial charge is 0.328 e. The topological polar surface area (TPSA) is 46.3 Å². The summed E-state index contributed by atoms with van der Waals surface area (Å²) < 4.78 is 0. The summed E-state index contributed by atoms with van der Waals surface area (Å²) in [4.78, 5) is 12.9. The van der Waals surface area contributed by atoms with E-state index in [0.717, 1.165) is 25.9 Å². The first-order valence-corrected chi connectivity index (χ1v) is 4.19. The molecule has 0 aromatic heterocycles. The second kappa shape index (κ2) is 4.24. The second-order valence-electron chi connectivity index (χ2n) is 3.18. The lowest BCUT2D eigenvalue weighted by molar-refractivity contribution is -0.115. The fourth-order valence-corrected chi connectivity index (χ4v) is 1.36. The Morgan fingerprint density at radius 3 is 2.67 bits per heavy atom. The Morgan fingerprint density at radius 1 is 1.58 bits per heavy atom. The van der Waals surface area contributed by atoms with Crippen molar-refractivity contribution in [1.82, 2.24) is 4.90 Å². The Balaban J connectivity index is 2.27. The zero-order chi connectivity index (χ0) is 8.97. The highest BCUT2D eigenvalue weighted by atomic mass is 16.1. The zero-order valence-electron chi connectivity index (χ0n) is 7.12. The van der Waals surface area contributed by atoms with Crippen LogP contribution < -0.4 is 5.73 Å². The summed E-state index contributed by atoms with van der Waals surface area (Å²) in [6.07, 6.45) is 6.91. The Bertz CT molecular complexity index is 199. The molecule has 3 nitrogen and oxygen atoms in total. The summed E-state index contributed by atoms with van der Waals surface area (Å²) in [6, 6.07) is 0.308. The van der Waals surface area contributed by atoms with Crippen molar-refractivity contribution >= 4 is 5.78 Å². The molecule has 0 saturated carbocycles. The first-order chi connectivity index (χ1) is 5.72. The summed E-state index contributed by atoms with van der Waals surface area (Å²) in [6.45, 7) is 2.19. The zero-order valence-corrected chi connectivity index (χ0v) is 7.12. The van der Waals surface area contributed by atoms with E-state index >= 15 is 0 Å². The molecule has 1 rings (SSSR count). The van der Waals surface area contributed by atoms with Gasteiger partial charge in [-0.2, -0.15) is 0 Å². The summed E-state index contributed by atoms with van der Waals surface area (Å²) in [5.74, 6) is 1.98. The van der Waals surface area contributed by atoms with Crippen molar-refractivity contribution in [3.8, 4) is 12.3 Å². The van der Waals surface area contributed by atoms with E-state index in [1.165, 1.54) is 0 Å². The van der Waals surface area contributed by atoms with Crippen LogP contribution in [-0.4, -0.2) is 36.4 Å². The maximum atomic E-state index is 10.9. The molecule has 0 radical (unpaired) electrons. The molecular formula is C9H14N2O. The van der Waals surface area contributed by atoms with Crippen LogP contribution >= 0.6 is 0 Å². The number of piperidine rings is 1. The van der Waals surface area contributed by atoms with Crippen molar-refractivity contribution in [2.75, 3.05) is 19.6 Å². The van der Waals surface area contributed by atoms with Gasteiger partial charge in [-0.15, -0.1) is 6.42 Å². The maximum absolute atomic E-state index is 10.9. The number of Topliss-reactive ketones (excluding diaryl/α,β-unsaturated/α-hetero) is 1. The smallest absolute Gasteiger partial charge is 0.219 e. The molecule has 12 heavy (non-hydrogen) atoms. The number of carbonyl (C=O) groups is 1. The van der Waals surface area contributed by atoms with Crippen LogP contribution in [0.2, 0.25) is 0 Å². The highest BCUT2D eigenvalue weighted by Crippen LogP contribution is 2.07. The van der Waals surface area contributed by atoms with Crippen LogP contribution in [-0.2, 0) is 4.79 Å². The Morgan fingerprint density at radius 2 is 2.17 bits per heavy atom. The molecule has 0 aromatic rings. The molecule has 1 aliphatic heterocycles. The number of nitrogens with two attached hydrogens (primary N) is 1. The number of hydrogen-bond acceptors (Lipinski definition) is 3. The van der Waals surface area contributed by atoms with Crippen LogP contribution in [0.1, 0.15) is 12.8 Å². The van der Waals surface area contributed by atoms with Gasteiger partial charge in [-0.25, -0.2) is 0 Å². The van der Waals surface area contributed by atoms with E-state index in [2.05, 4.69) is 10.8 Å². The molecule has 66 valence electrons. The first-order valence-electron chi connectivity index (χ1n) is 4.19. The van der Waals surface area contributed by atoms with Crippen molar-refractivity contribution in [1.29, 1.82) is 0 Å². The molecule has 0 aliphatic carbocycles. The Kier molecular flexibility index (Phi) is 3.27. The van der Waals surface area contributed by atoms with Crippen LogP contribution in [0.5, 0.6) is 0 Å². The van der Waals surface area contributed by atoms with Gasteiger partial charge >= 0.3 is 0 Å². The SMILES string of the molecule is C#CC(=O)CN1CCC(N)CC1. The van der Waals surface area contributed by atoms with Crippen molar-refractivity contribution in [2.45, 2.75) is 18.9 Å². The predicted octanol–water partition coefficient (Wildman–Crippen LogP) is -0.388. The van der Waals surface area contributed by atoms with Gasteiger partial charge in [-0.1, -0.05) is 0 Å². The molecular weight excluding hydrogens is 152 g/mol. The summed E-state index contributed by atoms with van der Waals surface area (Å²) in [7, 11) is 0. The van der Waals surface area contributed by atoms with Gasteiger partial charge in [0.05, 0.1) is 6.54 Å². The molecule has 0 amide bonds. The normalized spacial score (nSPS) is 20.3. The summed E-state index contributed by atoms with van der Waals surface area (Å²) in [5, 5.41) is 0. The van der Waals surface area contributed by atoms with Crippen molar-refractivity contribution < 1.29 is 4.79 Å². The molecule has 0 spiro atoms. The van der Waals surface area contributed by atoms with E-state index in [1.807, 2.05) is 0 Å². The van der Waals surface area contributed by atoms with Crippen LogP contribution in [0.4, 0.5) is 0 Å². The first kappa shape index (κ1) is 9.24. The molecule has 1 fully saturated rings. The minimum absolute atomic E-state index is 0.134. The third-order valence-corrected chi connectivity index (χ3v) is 2.16. The van der Waals surface area contributed by atoms with Crippen LogP contribution in [0.15, 0.2) is 0 Å². The maximum Gasteiger partial charge on any atom is 0.219 e. The number of likely N-dealkylation sites (tertiary alicyclic amines) is 1. The highest BCUT2D eigenvalue weighted by Gasteiger charge is 2.16. The predicted molar refractivity (Wildman–Crippen MR) is 47.5 cm³/mol.